The molecule has 0 N–H and O–H groups in total. The fraction of sp³-hybridized carbons (Fsp3) is 0.318. The molecule has 1 aromatic heterocycles. The maximum absolute atomic E-state index is 13.9. The van der Waals surface area contributed by atoms with Crippen LogP contribution in [0.4, 0.5) is 8.78 Å². The number of hydrogen-bond donors (Lipinski definition) is 0. The van der Waals surface area contributed by atoms with Gasteiger partial charge in [-0.25, -0.2) is 13.8 Å². The summed E-state index contributed by atoms with van der Waals surface area (Å²) >= 11 is 0. The van der Waals surface area contributed by atoms with Crippen LogP contribution in [0, 0.1) is 11.6 Å². The number of ether oxygens (including phenoxy) is 1. The molecule has 1 fully saturated rings. The van der Waals surface area contributed by atoms with Crippen LogP contribution in [0.3, 0.4) is 0 Å². The molecule has 0 radical (unpaired) electrons. The van der Waals surface area contributed by atoms with Gasteiger partial charge in [0.25, 0.3) is 0 Å². The van der Waals surface area contributed by atoms with E-state index in [0.717, 1.165) is 37.3 Å². The van der Waals surface area contributed by atoms with Gasteiger partial charge < -0.3 is 9.15 Å². The fourth-order valence-electron chi connectivity index (χ4n) is 3.49. The molecule has 1 aliphatic heterocycles. The average molecular weight is 399 g/mol. The third-order valence-electron chi connectivity index (χ3n) is 5.13. The molecule has 0 spiro atoms. The topological polar surface area (TPSA) is 41.7 Å². The lowest BCUT2D eigenvalue weighted by Gasteiger charge is -2.34. The van der Waals surface area contributed by atoms with Gasteiger partial charge in [-0.2, -0.15) is 0 Å². The standard InChI is InChI=1S/C22H23F2N3O2/c1-28-20-7-2-16(12-19(20)24)14-26-8-10-27(11-9-26)15-22-25-13-21(29-22)17-3-5-18(23)6-4-17/h2-7,12-13H,8-11,14-15H2,1H3. The van der Waals surface area contributed by atoms with Crippen LogP contribution < -0.4 is 4.74 Å². The molecule has 1 saturated heterocycles. The van der Waals surface area contributed by atoms with E-state index in [-0.39, 0.29) is 17.4 Å². The minimum absolute atomic E-state index is 0.268. The Morgan fingerprint density at radius 1 is 0.966 bits per heavy atom. The maximum atomic E-state index is 13.9. The van der Waals surface area contributed by atoms with Crippen molar-refractivity contribution in [3.8, 4) is 17.1 Å². The van der Waals surface area contributed by atoms with Gasteiger partial charge in [0.15, 0.2) is 17.3 Å². The van der Waals surface area contributed by atoms with Crippen LogP contribution in [-0.2, 0) is 13.1 Å². The van der Waals surface area contributed by atoms with Crippen molar-refractivity contribution in [2.24, 2.45) is 0 Å². The molecule has 4 rings (SSSR count). The van der Waals surface area contributed by atoms with Crippen LogP contribution in [0.1, 0.15) is 11.5 Å². The van der Waals surface area contributed by atoms with Crippen molar-refractivity contribution < 1.29 is 17.9 Å². The highest BCUT2D eigenvalue weighted by atomic mass is 19.1. The molecule has 7 heteroatoms. The van der Waals surface area contributed by atoms with Gasteiger partial charge in [0.05, 0.1) is 19.9 Å². The second kappa shape index (κ2) is 8.71. The summed E-state index contributed by atoms with van der Waals surface area (Å²) in [5.41, 5.74) is 1.75. The number of piperazine rings is 1. The van der Waals surface area contributed by atoms with E-state index in [2.05, 4.69) is 14.8 Å². The van der Waals surface area contributed by atoms with Crippen molar-refractivity contribution in [1.82, 2.24) is 14.8 Å². The van der Waals surface area contributed by atoms with E-state index in [4.69, 9.17) is 9.15 Å². The van der Waals surface area contributed by atoms with Crippen molar-refractivity contribution in [3.63, 3.8) is 0 Å². The van der Waals surface area contributed by atoms with Gasteiger partial charge in [-0.05, 0) is 42.0 Å². The van der Waals surface area contributed by atoms with Crippen molar-refractivity contribution >= 4 is 0 Å². The zero-order valence-electron chi connectivity index (χ0n) is 16.3. The van der Waals surface area contributed by atoms with E-state index in [0.29, 0.717) is 24.7 Å². The van der Waals surface area contributed by atoms with Crippen LogP contribution in [0.2, 0.25) is 0 Å². The first-order valence-corrected chi connectivity index (χ1v) is 9.58. The molecule has 0 amide bonds. The summed E-state index contributed by atoms with van der Waals surface area (Å²) in [5, 5.41) is 0. The lowest BCUT2D eigenvalue weighted by atomic mass is 10.2. The molecule has 0 atom stereocenters. The SMILES string of the molecule is COc1ccc(CN2CCN(Cc3ncc(-c4ccc(F)cc4)o3)CC2)cc1F. The number of hydrogen-bond acceptors (Lipinski definition) is 5. The van der Waals surface area contributed by atoms with E-state index < -0.39 is 0 Å². The third-order valence-corrected chi connectivity index (χ3v) is 5.13. The van der Waals surface area contributed by atoms with Crippen LogP contribution in [-0.4, -0.2) is 48.1 Å². The van der Waals surface area contributed by atoms with E-state index >= 15 is 0 Å². The van der Waals surface area contributed by atoms with Crippen LogP contribution >= 0.6 is 0 Å². The van der Waals surface area contributed by atoms with Gasteiger partial charge in [-0.1, -0.05) is 6.07 Å². The summed E-state index contributed by atoms with van der Waals surface area (Å²) in [5.74, 6) is 0.952. The zero-order valence-corrected chi connectivity index (χ0v) is 16.3. The molecular formula is C22H23F2N3O2. The number of halogens is 2. The Morgan fingerprint density at radius 2 is 1.66 bits per heavy atom. The molecule has 3 aromatic rings. The molecule has 5 nitrogen and oxygen atoms in total. The van der Waals surface area contributed by atoms with Gasteiger partial charge in [0.2, 0.25) is 5.89 Å². The molecule has 0 unspecified atom stereocenters. The number of rotatable bonds is 6. The monoisotopic (exact) mass is 399 g/mol. The summed E-state index contributed by atoms with van der Waals surface area (Å²) < 4.78 is 37.7. The van der Waals surface area contributed by atoms with Crippen molar-refractivity contribution in [2.45, 2.75) is 13.1 Å². The molecule has 0 saturated carbocycles. The highest BCUT2D eigenvalue weighted by molar-refractivity contribution is 5.55. The maximum Gasteiger partial charge on any atom is 0.209 e. The molecule has 0 aliphatic carbocycles. The van der Waals surface area contributed by atoms with Crippen molar-refractivity contribution in [1.29, 1.82) is 0 Å². The van der Waals surface area contributed by atoms with Crippen LogP contribution in [0.5, 0.6) is 5.75 Å². The molecule has 152 valence electrons. The first-order valence-electron chi connectivity index (χ1n) is 9.58. The lowest BCUT2D eigenvalue weighted by molar-refractivity contribution is 0.114. The first kappa shape index (κ1) is 19.5. The van der Waals surface area contributed by atoms with Gasteiger partial charge in [-0.3, -0.25) is 9.80 Å². The Kier molecular flexibility index (Phi) is 5.87. The zero-order chi connectivity index (χ0) is 20.2. The van der Waals surface area contributed by atoms with E-state index in [1.54, 1.807) is 24.4 Å². The lowest BCUT2D eigenvalue weighted by Crippen LogP contribution is -2.45. The fourth-order valence-corrected chi connectivity index (χ4v) is 3.49. The van der Waals surface area contributed by atoms with Gasteiger partial charge >= 0.3 is 0 Å². The van der Waals surface area contributed by atoms with E-state index in [1.807, 2.05) is 6.07 Å². The smallest absolute Gasteiger partial charge is 0.209 e. The second-order valence-electron chi connectivity index (χ2n) is 7.15. The largest absolute Gasteiger partial charge is 0.494 e. The van der Waals surface area contributed by atoms with Crippen molar-refractivity contribution in [3.05, 3.63) is 71.8 Å². The first-order chi connectivity index (χ1) is 14.1. The van der Waals surface area contributed by atoms with Crippen molar-refractivity contribution in [2.75, 3.05) is 33.3 Å². The van der Waals surface area contributed by atoms with Gasteiger partial charge in [-0.15, -0.1) is 0 Å². The third kappa shape index (κ3) is 4.81. The molecule has 2 heterocycles. The number of oxazole rings is 1. The molecule has 1 aliphatic rings. The normalized spacial score (nSPS) is 15.6. The van der Waals surface area contributed by atoms with Gasteiger partial charge in [0, 0.05) is 38.3 Å². The van der Waals surface area contributed by atoms with Crippen LogP contribution in [0.15, 0.2) is 53.1 Å². The second-order valence-corrected chi connectivity index (χ2v) is 7.15. The number of aromatic nitrogens is 1. The molecule has 29 heavy (non-hydrogen) atoms. The predicted molar refractivity (Wildman–Crippen MR) is 105 cm³/mol. The average Bonchev–Trinajstić information content (AvgIpc) is 3.19. The van der Waals surface area contributed by atoms with E-state index in [9.17, 15) is 8.78 Å². The predicted octanol–water partition coefficient (Wildman–Crippen LogP) is 3.95. The Hall–Kier alpha value is -2.77. The highest BCUT2D eigenvalue weighted by Crippen LogP contribution is 2.22. The Bertz CT molecular complexity index is 951. The molecular weight excluding hydrogens is 376 g/mol. The number of nitrogens with zero attached hydrogens (tertiary/aromatic N) is 3. The summed E-state index contributed by atoms with van der Waals surface area (Å²) in [7, 11) is 1.47. The van der Waals surface area contributed by atoms with Crippen LogP contribution in [0.25, 0.3) is 11.3 Å². The summed E-state index contributed by atoms with van der Waals surface area (Å²) in [6.07, 6.45) is 1.68. The molecule has 0 bridgehead atoms. The minimum atomic E-state index is -0.329. The van der Waals surface area contributed by atoms with Gasteiger partial charge in [0.1, 0.15) is 5.82 Å². The Morgan fingerprint density at radius 3 is 2.31 bits per heavy atom. The quantitative estimate of drug-likeness (QED) is 0.628. The molecule has 2 aromatic carbocycles. The summed E-state index contributed by atoms with van der Waals surface area (Å²) in [4.78, 5) is 8.94. The summed E-state index contributed by atoms with van der Waals surface area (Å²) in [6.45, 7) is 4.88. The number of methoxy groups -OCH3 is 1. The highest BCUT2D eigenvalue weighted by Gasteiger charge is 2.19. The minimum Gasteiger partial charge on any atom is -0.494 e. The Balaban J connectivity index is 1.29. The number of benzene rings is 2. The van der Waals surface area contributed by atoms with E-state index in [1.165, 1.54) is 25.3 Å². The Labute approximate surface area is 168 Å². The summed E-state index contributed by atoms with van der Waals surface area (Å²) in [6, 6.07) is 11.3.